The topological polar surface area (TPSA) is 137 Å². The van der Waals surface area contributed by atoms with Crippen LogP contribution in [0.4, 0.5) is 0 Å². The van der Waals surface area contributed by atoms with Gasteiger partial charge in [0, 0.05) is 13.0 Å². The highest BCUT2D eigenvalue weighted by Crippen LogP contribution is 2.39. The van der Waals surface area contributed by atoms with Crippen molar-refractivity contribution in [2.45, 2.75) is 122 Å². The third-order valence-corrected chi connectivity index (χ3v) is 6.12. The molecule has 0 aliphatic rings. The average molecular weight is 497 g/mol. The van der Waals surface area contributed by atoms with Gasteiger partial charge in [-0.1, -0.05) is 76.9 Å². The molecule has 0 aliphatic heterocycles. The largest absolute Gasteiger partial charge is 0.470 e. The monoisotopic (exact) mass is 496 g/mol. The van der Waals surface area contributed by atoms with Gasteiger partial charge in [-0.2, -0.15) is 0 Å². The minimum atomic E-state index is -4.81. The Balaban J connectivity index is 3.83. The molecule has 0 spiro atoms. The first-order chi connectivity index (χ1) is 15.8. The lowest BCUT2D eigenvalue weighted by Crippen LogP contribution is -2.38. The molecule has 0 aromatic rings. The van der Waals surface area contributed by atoms with Crippen molar-refractivity contribution in [2.75, 3.05) is 19.8 Å². The highest BCUT2D eigenvalue weighted by atomic mass is 31.2. The molecule has 0 amide bonds. The molecule has 0 saturated heterocycles. The second-order valence-corrected chi connectivity index (χ2v) is 9.93. The van der Waals surface area contributed by atoms with Gasteiger partial charge in [-0.05, 0) is 32.1 Å². The van der Waals surface area contributed by atoms with Gasteiger partial charge in [0.25, 0.3) is 0 Å². The Morgan fingerprint density at radius 1 is 0.758 bits per heavy atom. The fourth-order valence-electron chi connectivity index (χ4n) is 3.65. The number of phosphoric acid groups is 1. The first-order valence-electron chi connectivity index (χ1n) is 12.7. The number of phosphoric ester groups is 1. The van der Waals surface area contributed by atoms with Crippen LogP contribution >= 0.6 is 7.82 Å². The van der Waals surface area contributed by atoms with Crippen LogP contribution in [0.25, 0.3) is 0 Å². The van der Waals surface area contributed by atoms with Gasteiger partial charge >= 0.3 is 7.82 Å². The van der Waals surface area contributed by atoms with Crippen molar-refractivity contribution in [3.05, 3.63) is 12.2 Å². The molecule has 198 valence electrons. The van der Waals surface area contributed by atoms with Crippen molar-refractivity contribution < 1.29 is 38.9 Å². The van der Waals surface area contributed by atoms with Crippen LogP contribution in [0, 0.1) is 0 Å². The predicted octanol–water partition coefficient (Wildman–Crippen LogP) is 4.62. The fourth-order valence-corrected chi connectivity index (χ4v) is 4.20. The number of ether oxygens (including phenoxy) is 1. The van der Waals surface area contributed by atoms with Crippen LogP contribution in [-0.4, -0.2) is 63.2 Å². The van der Waals surface area contributed by atoms with E-state index in [-0.39, 0.29) is 6.42 Å². The van der Waals surface area contributed by atoms with Crippen LogP contribution in [0.5, 0.6) is 0 Å². The minimum absolute atomic E-state index is 0.0892. The fraction of sp³-hybridized carbons (Fsp3) is 0.917. The van der Waals surface area contributed by atoms with E-state index in [1.54, 1.807) is 0 Å². The zero-order valence-electron chi connectivity index (χ0n) is 20.5. The summed E-state index contributed by atoms with van der Waals surface area (Å²) in [5, 5.41) is 28.1. The van der Waals surface area contributed by atoms with Crippen molar-refractivity contribution in [3.8, 4) is 0 Å². The third-order valence-electron chi connectivity index (χ3n) is 5.57. The van der Waals surface area contributed by atoms with Gasteiger partial charge in [0.2, 0.25) is 0 Å². The van der Waals surface area contributed by atoms with E-state index in [2.05, 4.69) is 23.6 Å². The highest BCUT2D eigenvalue weighted by molar-refractivity contribution is 7.46. The molecule has 0 rings (SSSR count). The molecule has 0 radical (unpaired) electrons. The summed E-state index contributed by atoms with van der Waals surface area (Å²) in [5.74, 6) is 0. The molecular weight excluding hydrogens is 447 g/mol. The maximum atomic E-state index is 11.1. The van der Waals surface area contributed by atoms with E-state index >= 15 is 0 Å². The number of aliphatic hydroxyl groups excluding tert-OH is 3. The normalized spacial score (nSPS) is 15.2. The molecule has 9 heteroatoms. The Morgan fingerprint density at radius 2 is 1.27 bits per heavy atom. The Labute approximate surface area is 200 Å². The van der Waals surface area contributed by atoms with Crippen molar-refractivity contribution in [2.24, 2.45) is 0 Å². The second-order valence-electron chi connectivity index (χ2n) is 8.74. The van der Waals surface area contributed by atoms with E-state index in [1.807, 2.05) is 0 Å². The summed E-state index contributed by atoms with van der Waals surface area (Å²) in [6.07, 6.45) is 17.9. The van der Waals surface area contributed by atoms with Crippen molar-refractivity contribution >= 4 is 7.82 Å². The zero-order chi connectivity index (χ0) is 24.8. The van der Waals surface area contributed by atoms with Crippen molar-refractivity contribution in [3.63, 3.8) is 0 Å². The summed E-state index contributed by atoms with van der Waals surface area (Å²) in [6.45, 7) is 1.39. The summed E-state index contributed by atoms with van der Waals surface area (Å²) in [7, 11) is -4.81. The molecule has 5 N–H and O–H groups in total. The lowest BCUT2D eigenvalue weighted by Gasteiger charge is -2.27. The van der Waals surface area contributed by atoms with Crippen LogP contribution in [0.3, 0.4) is 0 Å². The number of aliphatic hydroxyl groups is 3. The highest BCUT2D eigenvalue weighted by Gasteiger charge is 2.31. The summed E-state index contributed by atoms with van der Waals surface area (Å²) < 4.78 is 21.3. The van der Waals surface area contributed by atoms with E-state index in [0.717, 1.165) is 32.1 Å². The van der Waals surface area contributed by atoms with Gasteiger partial charge in [-0.15, -0.1) is 0 Å². The summed E-state index contributed by atoms with van der Waals surface area (Å²) >= 11 is 0. The van der Waals surface area contributed by atoms with Gasteiger partial charge in [-0.3, -0.25) is 4.52 Å². The molecule has 0 saturated carbocycles. The van der Waals surface area contributed by atoms with E-state index in [1.165, 1.54) is 57.8 Å². The van der Waals surface area contributed by atoms with E-state index < -0.39 is 39.3 Å². The van der Waals surface area contributed by atoms with Crippen LogP contribution < -0.4 is 0 Å². The Bertz CT molecular complexity index is 497. The van der Waals surface area contributed by atoms with Crippen molar-refractivity contribution in [1.82, 2.24) is 0 Å². The minimum Gasteiger partial charge on any atom is -0.394 e. The lowest BCUT2D eigenvalue weighted by atomic mass is 10.1. The van der Waals surface area contributed by atoms with Crippen molar-refractivity contribution in [1.29, 1.82) is 0 Å². The molecule has 0 bridgehead atoms. The maximum Gasteiger partial charge on any atom is 0.470 e. The first kappa shape index (κ1) is 32.7. The van der Waals surface area contributed by atoms with Crippen LogP contribution in [0.2, 0.25) is 0 Å². The van der Waals surface area contributed by atoms with Gasteiger partial charge in [-0.25, -0.2) is 4.57 Å². The number of unbranched alkanes of at least 4 members (excludes halogenated alkanes) is 12. The standard InChI is InChI=1S/C24H49O8P/c1-2-3-4-5-6-7-8-9-10-11-12-13-14-15-16-17-18-31-23(19-22(27)20-25)24(21-26)32-33(28,29)30/h9-10,22-27H,2-8,11-21H2,1H3,(H2,28,29,30)/b10-9-. The van der Waals surface area contributed by atoms with Gasteiger partial charge in [0.1, 0.15) is 6.10 Å². The first-order valence-corrected chi connectivity index (χ1v) is 14.3. The summed E-state index contributed by atoms with van der Waals surface area (Å²) in [6, 6.07) is 0. The predicted molar refractivity (Wildman–Crippen MR) is 131 cm³/mol. The molecule has 0 aromatic carbocycles. The molecule has 33 heavy (non-hydrogen) atoms. The van der Waals surface area contributed by atoms with Gasteiger partial charge < -0.3 is 29.8 Å². The summed E-state index contributed by atoms with van der Waals surface area (Å²) in [4.78, 5) is 18.0. The number of hydrogen-bond donors (Lipinski definition) is 5. The quantitative estimate of drug-likeness (QED) is 0.0742. The SMILES string of the molecule is CCCCCCCC/C=C\CCCCCCCCOC(CC(O)CO)C(CO)OP(=O)(O)O. The molecular formula is C24H49O8P. The van der Waals surface area contributed by atoms with Crippen LogP contribution in [0.1, 0.15) is 103 Å². The zero-order valence-corrected chi connectivity index (χ0v) is 21.4. The lowest BCUT2D eigenvalue weighted by molar-refractivity contribution is -0.0790. The second kappa shape index (κ2) is 22.2. The van der Waals surface area contributed by atoms with E-state index in [9.17, 15) is 14.8 Å². The van der Waals surface area contributed by atoms with Gasteiger partial charge in [0.15, 0.2) is 0 Å². The maximum absolute atomic E-state index is 11.1. The number of rotatable bonds is 24. The average Bonchev–Trinajstić information content (AvgIpc) is 2.78. The number of hydrogen-bond acceptors (Lipinski definition) is 6. The summed E-state index contributed by atoms with van der Waals surface area (Å²) in [5.41, 5.74) is 0. The van der Waals surface area contributed by atoms with Gasteiger partial charge in [0.05, 0.1) is 25.4 Å². The Hall–Kier alpha value is -0.310. The molecule has 3 atom stereocenters. The molecule has 0 aromatic heterocycles. The van der Waals surface area contributed by atoms with Crippen LogP contribution in [-0.2, 0) is 13.8 Å². The molecule has 8 nitrogen and oxygen atoms in total. The van der Waals surface area contributed by atoms with E-state index in [4.69, 9.17) is 19.6 Å². The molecule has 3 unspecified atom stereocenters. The molecule has 0 aliphatic carbocycles. The smallest absolute Gasteiger partial charge is 0.394 e. The van der Waals surface area contributed by atoms with Crippen LogP contribution in [0.15, 0.2) is 12.2 Å². The Kier molecular flexibility index (Phi) is 22.0. The molecule has 0 fully saturated rings. The Morgan fingerprint density at radius 3 is 1.76 bits per heavy atom. The third kappa shape index (κ3) is 21.9. The molecule has 0 heterocycles. The van der Waals surface area contributed by atoms with E-state index in [0.29, 0.717) is 6.61 Å². The number of allylic oxidation sites excluding steroid dienone is 2.